The number of thiazole rings is 1. The maximum absolute atomic E-state index is 12.9. The lowest BCUT2D eigenvalue weighted by Gasteiger charge is -2.11. The molecule has 8 nitrogen and oxygen atoms in total. The Morgan fingerprint density at radius 1 is 1.03 bits per heavy atom. The topological polar surface area (TPSA) is 106 Å². The summed E-state index contributed by atoms with van der Waals surface area (Å²) in [7, 11) is -2.35. The zero-order valence-corrected chi connectivity index (χ0v) is 20.9. The Morgan fingerprint density at radius 3 is 2.66 bits per heavy atom. The van der Waals surface area contributed by atoms with Crippen molar-refractivity contribution in [1.29, 1.82) is 0 Å². The molecule has 0 saturated carbocycles. The number of rotatable bonds is 9. The summed E-state index contributed by atoms with van der Waals surface area (Å²) in [5.74, 6) is 1.00. The highest BCUT2D eigenvalue weighted by molar-refractivity contribution is 7.98. The molecule has 178 valence electrons. The van der Waals surface area contributed by atoms with E-state index in [1.54, 1.807) is 30.3 Å². The molecule has 5 rings (SSSR count). The Bertz CT molecular complexity index is 1570. The Morgan fingerprint density at radius 2 is 1.83 bits per heavy atom. The molecule has 0 aliphatic rings. The van der Waals surface area contributed by atoms with Gasteiger partial charge in [0, 0.05) is 16.8 Å². The molecule has 5 aromatic rings. The molecule has 2 aromatic heterocycles. The van der Waals surface area contributed by atoms with Crippen molar-refractivity contribution in [3.05, 3.63) is 83.9 Å². The van der Waals surface area contributed by atoms with Gasteiger partial charge in [-0.1, -0.05) is 42.1 Å². The third kappa shape index (κ3) is 5.42. The van der Waals surface area contributed by atoms with Gasteiger partial charge in [0.2, 0.25) is 0 Å². The van der Waals surface area contributed by atoms with Crippen LogP contribution in [0.25, 0.3) is 11.1 Å². The van der Waals surface area contributed by atoms with Crippen LogP contribution in [0.2, 0.25) is 0 Å². The molecule has 3 aromatic carbocycles. The van der Waals surface area contributed by atoms with Gasteiger partial charge in [-0.25, -0.2) is 18.4 Å². The maximum atomic E-state index is 12.9. The van der Waals surface area contributed by atoms with Crippen molar-refractivity contribution in [2.45, 2.75) is 15.9 Å². The second-order valence-corrected chi connectivity index (χ2v) is 10.8. The summed E-state index contributed by atoms with van der Waals surface area (Å²) in [6, 6.07) is 21.3. The number of nitrogens with zero attached hydrogens (tertiary/aromatic N) is 2. The molecule has 0 spiro atoms. The minimum Gasteiger partial charge on any atom is -0.495 e. The van der Waals surface area contributed by atoms with Gasteiger partial charge in [0.25, 0.3) is 15.2 Å². The van der Waals surface area contributed by atoms with E-state index in [1.165, 1.54) is 42.3 Å². The molecule has 0 bridgehead atoms. The van der Waals surface area contributed by atoms with Crippen LogP contribution >= 0.6 is 23.1 Å². The van der Waals surface area contributed by atoms with Gasteiger partial charge in [0.05, 0.1) is 23.4 Å². The van der Waals surface area contributed by atoms with Crippen molar-refractivity contribution in [3.8, 4) is 5.75 Å². The number of fused-ring (bicyclic) bond motifs is 1. The first-order valence-electron chi connectivity index (χ1n) is 10.5. The fourth-order valence-electron chi connectivity index (χ4n) is 3.26. The zero-order valence-electron chi connectivity index (χ0n) is 18.5. The monoisotopic (exact) mass is 524 g/mol. The smallest absolute Gasteiger partial charge is 0.262 e. The molecule has 35 heavy (non-hydrogen) atoms. The van der Waals surface area contributed by atoms with Crippen LogP contribution in [-0.2, 0) is 15.8 Å². The van der Waals surface area contributed by atoms with Gasteiger partial charge in [-0.3, -0.25) is 4.72 Å². The Hall–Kier alpha value is -3.54. The number of nitrogens with one attached hydrogen (secondary N) is 2. The van der Waals surface area contributed by atoms with E-state index in [-0.39, 0.29) is 4.90 Å². The fraction of sp³-hybridized carbons (Fsp3) is 0.0833. The quantitative estimate of drug-likeness (QED) is 0.222. The maximum Gasteiger partial charge on any atom is 0.262 e. The molecule has 0 atom stereocenters. The molecular weight excluding hydrogens is 504 g/mol. The molecule has 0 aliphatic heterocycles. The highest BCUT2D eigenvalue weighted by Gasteiger charge is 2.19. The SMILES string of the molecule is COc1ccccc1NS(=O)(=O)c1ccc2oc(SCc3csc(Nc4ccccc4)n3)nc2c1. The molecule has 0 fully saturated rings. The van der Waals surface area contributed by atoms with Crippen LogP contribution < -0.4 is 14.8 Å². The van der Waals surface area contributed by atoms with Gasteiger partial charge in [-0.2, -0.15) is 0 Å². The molecular formula is C24H20N4O4S3. The summed E-state index contributed by atoms with van der Waals surface area (Å²) < 4.78 is 39.4. The molecule has 0 saturated heterocycles. The molecule has 2 heterocycles. The van der Waals surface area contributed by atoms with Crippen LogP contribution in [0.5, 0.6) is 5.75 Å². The first-order valence-corrected chi connectivity index (χ1v) is 13.8. The van der Waals surface area contributed by atoms with Crippen LogP contribution in [0.4, 0.5) is 16.5 Å². The van der Waals surface area contributed by atoms with E-state index in [0.29, 0.717) is 33.5 Å². The van der Waals surface area contributed by atoms with Crippen LogP contribution in [-0.4, -0.2) is 25.5 Å². The van der Waals surface area contributed by atoms with Crippen LogP contribution in [0.1, 0.15) is 5.69 Å². The van der Waals surface area contributed by atoms with Crippen molar-refractivity contribution >= 4 is 60.7 Å². The second-order valence-electron chi connectivity index (χ2n) is 7.34. The summed E-state index contributed by atoms with van der Waals surface area (Å²) in [5.41, 5.74) is 3.19. The number of thioether (sulfide) groups is 1. The highest BCUT2D eigenvalue weighted by atomic mass is 32.2. The predicted octanol–water partition coefficient (Wildman–Crippen LogP) is 6.13. The van der Waals surface area contributed by atoms with E-state index < -0.39 is 10.0 Å². The summed E-state index contributed by atoms with van der Waals surface area (Å²) in [5, 5.41) is 6.51. The van der Waals surface area contributed by atoms with E-state index in [0.717, 1.165) is 16.5 Å². The Labute approximate surface area is 210 Å². The summed E-state index contributed by atoms with van der Waals surface area (Å²) in [6.07, 6.45) is 0. The van der Waals surface area contributed by atoms with Gasteiger partial charge in [0.1, 0.15) is 11.3 Å². The summed E-state index contributed by atoms with van der Waals surface area (Å²) in [6.45, 7) is 0. The Balaban J connectivity index is 1.27. The average molecular weight is 525 g/mol. The molecule has 0 aliphatic carbocycles. The number of methoxy groups -OCH3 is 1. The summed E-state index contributed by atoms with van der Waals surface area (Å²) in [4.78, 5) is 9.13. The van der Waals surface area contributed by atoms with Crippen molar-refractivity contribution in [3.63, 3.8) is 0 Å². The van der Waals surface area contributed by atoms with Crippen LogP contribution in [0.3, 0.4) is 0 Å². The largest absolute Gasteiger partial charge is 0.495 e. The fourth-order valence-corrected chi connectivity index (χ4v) is 5.92. The standard InChI is InChI=1S/C24H20N4O4S3/c1-31-21-10-6-5-9-19(21)28-35(29,30)18-11-12-22-20(13-18)27-24(32-22)34-15-17-14-33-23(26-17)25-16-7-3-2-4-8-16/h2-14,28H,15H2,1H3,(H,25,26). The number of ether oxygens (including phenoxy) is 1. The minimum atomic E-state index is -3.84. The van der Waals surface area contributed by atoms with Gasteiger partial charge >= 0.3 is 0 Å². The number of anilines is 3. The molecule has 2 N–H and O–H groups in total. The van der Waals surface area contributed by atoms with Crippen molar-refractivity contribution in [2.75, 3.05) is 17.1 Å². The summed E-state index contributed by atoms with van der Waals surface area (Å²) >= 11 is 2.92. The number of sulfonamides is 1. The second kappa shape index (κ2) is 9.98. The van der Waals surface area contributed by atoms with E-state index in [9.17, 15) is 8.42 Å². The first kappa shape index (κ1) is 23.2. The molecule has 0 amide bonds. The third-order valence-corrected chi connectivity index (χ3v) is 7.95. The number of para-hydroxylation sites is 3. The Kier molecular flexibility index (Phi) is 6.62. The van der Waals surface area contributed by atoms with Crippen molar-refractivity contribution < 1.29 is 17.6 Å². The lowest BCUT2D eigenvalue weighted by atomic mass is 10.3. The van der Waals surface area contributed by atoms with E-state index in [2.05, 4.69) is 20.0 Å². The van der Waals surface area contributed by atoms with Gasteiger partial charge in [-0.05, 0) is 42.5 Å². The minimum absolute atomic E-state index is 0.0804. The number of hydrogen-bond donors (Lipinski definition) is 2. The number of benzene rings is 3. The van der Waals surface area contributed by atoms with Crippen LogP contribution in [0, 0.1) is 0 Å². The highest BCUT2D eigenvalue weighted by Crippen LogP contribution is 2.31. The average Bonchev–Trinajstić information content (AvgIpc) is 3.49. The van der Waals surface area contributed by atoms with Gasteiger partial charge in [0.15, 0.2) is 10.7 Å². The van der Waals surface area contributed by atoms with Gasteiger partial charge < -0.3 is 14.5 Å². The first-order chi connectivity index (χ1) is 17.0. The van der Waals surface area contributed by atoms with Crippen LogP contribution in [0.15, 0.2) is 92.7 Å². The number of hydrogen-bond acceptors (Lipinski definition) is 9. The van der Waals surface area contributed by atoms with E-state index in [4.69, 9.17) is 9.15 Å². The van der Waals surface area contributed by atoms with E-state index in [1.807, 2.05) is 35.7 Å². The number of aromatic nitrogens is 2. The zero-order chi connectivity index (χ0) is 24.3. The lowest BCUT2D eigenvalue weighted by molar-refractivity contribution is 0.417. The molecule has 11 heteroatoms. The molecule has 0 unspecified atom stereocenters. The third-order valence-electron chi connectivity index (χ3n) is 4.92. The number of oxazole rings is 1. The molecule has 0 radical (unpaired) electrons. The van der Waals surface area contributed by atoms with Crippen molar-refractivity contribution in [2.24, 2.45) is 0 Å². The van der Waals surface area contributed by atoms with Gasteiger partial charge in [-0.15, -0.1) is 11.3 Å². The predicted molar refractivity (Wildman–Crippen MR) is 139 cm³/mol. The van der Waals surface area contributed by atoms with Crippen molar-refractivity contribution in [1.82, 2.24) is 9.97 Å². The lowest BCUT2D eigenvalue weighted by Crippen LogP contribution is -2.13. The van der Waals surface area contributed by atoms with E-state index >= 15 is 0 Å². The normalized spacial score (nSPS) is 11.5.